The quantitative estimate of drug-likeness (QED) is 0.458. The van der Waals surface area contributed by atoms with Crippen LogP contribution in [0.5, 0.6) is 0 Å². The second-order valence-electron chi connectivity index (χ2n) is 6.02. The molecule has 0 amide bonds. The maximum Gasteiger partial charge on any atom is -0.0386 e. The molecule has 0 radical (unpaired) electrons. The highest BCUT2D eigenvalue weighted by molar-refractivity contribution is 4.70. The lowest BCUT2D eigenvalue weighted by Crippen LogP contribution is -2.16. The summed E-state index contributed by atoms with van der Waals surface area (Å²) in [5, 5.41) is 0. The summed E-state index contributed by atoms with van der Waals surface area (Å²) in [5.41, 5.74) is 0. The normalized spacial score (nSPS) is 19.1. The number of hydrogen-bond donors (Lipinski definition) is 0. The third-order valence-electron chi connectivity index (χ3n) is 4.31. The van der Waals surface area contributed by atoms with E-state index in [0.29, 0.717) is 0 Å². The fourth-order valence-electron chi connectivity index (χ4n) is 2.81. The van der Waals surface area contributed by atoms with Gasteiger partial charge in [-0.15, -0.1) is 0 Å². The van der Waals surface area contributed by atoms with E-state index >= 15 is 0 Å². The highest BCUT2D eigenvalue weighted by Crippen LogP contribution is 2.30. The standard InChI is InChI=1S/C16H34/c1-7-10-16(15(6)9-3)12-14(5)11-13(4)8-2/h13-16H,7-12H2,1-6H3. The van der Waals surface area contributed by atoms with Crippen molar-refractivity contribution in [2.45, 2.75) is 80.1 Å². The molecule has 0 heteroatoms. The van der Waals surface area contributed by atoms with Crippen molar-refractivity contribution in [3.05, 3.63) is 0 Å². The van der Waals surface area contributed by atoms with Crippen LogP contribution in [0.25, 0.3) is 0 Å². The van der Waals surface area contributed by atoms with Crippen molar-refractivity contribution in [2.75, 3.05) is 0 Å². The second-order valence-corrected chi connectivity index (χ2v) is 6.02. The van der Waals surface area contributed by atoms with E-state index in [2.05, 4.69) is 41.5 Å². The van der Waals surface area contributed by atoms with Crippen LogP contribution in [0.1, 0.15) is 80.1 Å². The van der Waals surface area contributed by atoms with Crippen LogP contribution < -0.4 is 0 Å². The van der Waals surface area contributed by atoms with E-state index < -0.39 is 0 Å². The minimum Gasteiger partial charge on any atom is -0.0654 e. The molecule has 0 aromatic carbocycles. The Morgan fingerprint density at radius 1 is 0.750 bits per heavy atom. The molecule has 0 nitrogen and oxygen atoms in total. The molecule has 0 saturated carbocycles. The van der Waals surface area contributed by atoms with E-state index in [1.165, 1.54) is 38.5 Å². The molecule has 4 atom stereocenters. The Bertz CT molecular complexity index is 150. The molecule has 0 aliphatic carbocycles. The molecule has 0 rings (SSSR count). The summed E-state index contributed by atoms with van der Waals surface area (Å²) in [6, 6.07) is 0. The lowest BCUT2D eigenvalue weighted by atomic mass is 9.79. The summed E-state index contributed by atoms with van der Waals surface area (Å²) in [6.07, 6.45) is 8.35. The Balaban J connectivity index is 4.06. The molecule has 98 valence electrons. The number of hydrogen-bond acceptors (Lipinski definition) is 0. The van der Waals surface area contributed by atoms with Crippen LogP contribution in [0.2, 0.25) is 0 Å². The maximum atomic E-state index is 2.46. The van der Waals surface area contributed by atoms with Crippen LogP contribution in [-0.2, 0) is 0 Å². The van der Waals surface area contributed by atoms with E-state index in [4.69, 9.17) is 0 Å². The lowest BCUT2D eigenvalue weighted by molar-refractivity contribution is 0.245. The zero-order chi connectivity index (χ0) is 12.6. The first kappa shape index (κ1) is 16.0. The molecule has 0 aliphatic heterocycles. The monoisotopic (exact) mass is 226 g/mol. The number of rotatable bonds is 9. The van der Waals surface area contributed by atoms with Crippen LogP contribution in [0, 0.1) is 23.7 Å². The highest BCUT2D eigenvalue weighted by atomic mass is 14.2. The van der Waals surface area contributed by atoms with E-state index in [-0.39, 0.29) is 0 Å². The lowest BCUT2D eigenvalue weighted by Gasteiger charge is -2.27. The van der Waals surface area contributed by atoms with Gasteiger partial charge < -0.3 is 0 Å². The first-order chi connectivity index (χ1) is 7.54. The van der Waals surface area contributed by atoms with E-state index in [1.54, 1.807) is 0 Å². The largest absolute Gasteiger partial charge is 0.0654 e. The van der Waals surface area contributed by atoms with Gasteiger partial charge in [0, 0.05) is 0 Å². The Morgan fingerprint density at radius 2 is 1.38 bits per heavy atom. The summed E-state index contributed by atoms with van der Waals surface area (Å²) in [5.74, 6) is 3.71. The molecule has 4 unspecified atom stereocenters. The average molecular weight is 226 g/mol. The van der Waals surface area contributed by atoms with Gasteiger partial charge in [0.15, 0.2) is 0 Å². The van der Waals surface area contributed by atoms with Gasteiger partial charge in [-0.25, -0.2) is 0 Å². The van der Waals surface area contributed by atoms with E-state index in [0.717, 1.165) is 23.7 Å². The smallest absolute Gasteiger partial charge is 0.0386 e. The van der Waals surface area contributed by atoms with Gasteiger partial charge in [0.1, 0.15) is 0 Å². The molecule has 0 fully saturated rings. The molecule has 0 heterocycles. The Morgan fingerprint density at radius 3 is 1.81 bits per heavy atom. The molecule has 0 saturated heterocycles. The molecular weight excluding hydrogens is 192 g/mol. The van der Waals surface area contributed by atoms with Gasteiger partial charge in [-0.05, 0) is 36.5 Å². The first-order valence-electron chi connectivity index (χ1n) is 7.54. The van der Waals surface area contributed by atoms with Crippen molar-refractivity contribution in [1.29, 1.82) is 0 Å². The van der Waals surface area contributed by atoms with Gasteiger partial charge in [0.05, 0.1) is 0 Å². The van der Waals surface area contributed by atoms with E-state index in [9.17, 15) is 0 Å². The van der Waals surface area contributed by atoms with Crippen LogP contribution >= 0.6 is 0 Å². The third-order valence-corrected chi connectivity index (χ3v) is 4.31. The average Bonchev–Trinajstić information content (AvgIpc) is 2.27. The highest BCUT2D eigenvalue weighted by Gasteiger charge is 2.18. The zero-order valence-corrected chi connectivity index (χ0v) is 12.6. The van der Waals surface area contributed by atoms with Crippen LogP contribution in [-0.4, -0.2) is 0 Å². The molecule has 0 N–H and O–H groups in total. The van der Waals surface area contributed by atoms with Gasteiger partial charge in [-0.3, -0.25) is 0 Å². The molecule has 0 aromatic heterocycles. The van der Waals surface area contributed by atoms with Crippen molar-refractivity contribution in [3.8, 4) is 0 Å². The molecular formula is C16H34. The molecule has 0 aromatic rings. The summed E-state index contributed by atoms with van der Waals surface area (Å²) in [6.45, 7) is 14.3. The second kappa shape index (κ2) is 9.07. The topological polar surface area (TPSA) is 0 Å². The summed E-state index contributed by atoms with van der Waals surface area (Å²) in [7, 11) is 0. The minimum absolute atomic E-state index is 0.911. The predicted molar refractivity (Wildman–Crippen MR) is 75.7 cm³/mol. The van der Waals surface area contributed by atoms with Crippen LogP contribution in [0.15, 0.2) is 0 Å². The summed E-state index contributed by atoms with van der Waals surface area (Å²) < 4.78 is 0. The SMILES string of the molecule is CCCC(CC(C)CC(C)CC)C(C)CC. The summed E-state index contributed by atoms with van der Waals surface area (Å²) >= 11 is 0. The predicted octanol–water partition coefficient (Wildman–Crippen LogP) is 5.91. The van der Waals surface area contributed by atoms with Gasteiger partial charge in [0.25, 0.3) is 0 Å². The van der Waals surface area contributed by atoms with Gasteiger partial charge in [-0.1, -0.05) is 67.2 Å². The maximum absolute atomic E-state index is 2.46. The Labute approximate surface area is 104 Å². The van der Waals surface area contributed by atoms with E-state index in [1.807, 2.05) is 0 Å². The fourth-order valence-corrected chi connectivity index (χ4v) is 2.81. The van der Waals surface area contributed by atoms with Crippen molar-refractivity contribution >= 4 is 0 Å². The molecule has 0 spiro atoms. The van der Waals surface area contributed by atoms with Crippen LogP contribution in [0.4, 0.5) is 0 Å². The van der Waals surface area contributed by atoms with Crippen molar-refractivity contribution < 1.29 is 0 Å². The molecule has 16 heavy (non-hydrogen) atoms. The van der Waals surface area contributed by atoms with Gasteiger partial charge in [-0.2, -0.15) is 0 Å². The Kier molecular flexibility index (Phi) is 9.07. The first-order valence-corrected chi connectivity index (χ1v) is 7.54. The fraction of sp³-hybridized carbons (Fsp3) is 1.00. The van der Waals surface area contributed by atoms with Crippen molar-refractivity contribution in [3.63, 3.8) is 0 Å². The zero-order valence-electron chi connectivity index (χ0n) is 12.6. The van der Waals surface area contributed by atoms with Gasteiger partial charge in [0.2, 0.25) is 0 Å². The molecule has 0 bridgehead atoms. The Hall–Kier alpha value is 0. The third kappa shape index (κ3) is 6.55. The minimum atomic E-state index is 0.911. The van der Waals surface area contributed by atoms with Crippen LogP contribution in [0.3, 0.4) is 0 Å². The van der Waals surface area contributed by atoms with Crippen molar-refractivity contribution in [1.82, 2.24) is 0 Å². The van der Waals surface area contributed by atoms with Crippen molar-refractivity contribution in [2.24, 2.45) is 23.7 Å². The summed E-state index contributed by atoms with van der Waals surface area (Å²) in [4.78, 5) is 0. The molecule has 0 aliphatic rings. The van der Waals surface area contributed by atoms with Gasteiger partial charge >= 0.3 is 0 Å².